The smallest absolute Gasteiger partial charge is 0.0499 e. The van der Waals surface area contributed by atoms with Crippen LogP contribution in [0.25, 0.3) is 0 Å². The van der Waals surface area contributed by atoms with Gasteiger partial charge in [-0.15, -0.1) is 0 Å². The molecule has 0 aromatic carbocycles. The van der Waals surface area contributed by atoms with Crippen LogP contribution in [0.4, 0.5) is 0 Å². The van der Waals surface area contributed by atoms with E-state index in [0.717, 1.165) is 12.5 Å². The molecule has 0 aromatic rings. The molecule has 0 unspecified atom stereocenters. The second-order valence-corrected chi connectivity index (χ2v) is 5.65. The third-order valence-electron chi connectivity index (χ3n) is 4.41. The highest BCUT2D eigenvalue weighted by molar-refractivity contribution is 4.89. The van der Waals surface area contributed by atoms with E-state index in [2.05, 4.69) is 5.32 Å². The molecule has 2 N–H and O–H groups in total. The van der Waals surface area contributed by atoms with Gasteiger partial charge < -0.3 is 10.4 Å². The predicted octanol–water partition coefficient (Wildman–Crippen LogP) is 2.32. The molecule has 0 bridgehead atoms. The van der Waals surface area contributed by atoms with Crippen molar-refractivity contribution in [2.24, 2.45) is 11.3 Å². The Morgan fingerprint density at radius 3 is 2.33 bits per heavy atom. The standard InChI is InChI=1S/C13H25NO/c15-11-13(7-4-8-13)10-14-9-12-5-2-1-3-6-12/h12,14-15H,1-11H2. The number of aliphatic hydroxyl groups is 1. The number of hydrogen-bond acceptors (Lipinski definition) is 2. The van der Waals surface area contributed by atoms with Crippen molar-refractivity contribution in [2.75, 3.05) is 19.7 Å². The number of aliphatic hydroxyl groups excluding tert-OH is 1. The number of rotatable bonds is 5. The van der Waals surface area contributed by atoms with Crippen molar-refractivity contribution in [1.29, 1.82) is 0 Å². The van der Waals surface area contributed by atoms with Crippen LogP contribution in [0.3, 0.4) is 0 Å². The Labute approximate surface area is 93.5 Å². The minimum Gasteiger partial charge on any atom is -0.396 e. The zero-order valence-electron chi connectivity index (χ0n) is 9.80. The van der Waals surface area contributed by atoms with Gasteiger partial charge in [0.1, 0.15) is 0 Å². The van der Waals surface area contributed by atoms with Crippen molar-refractivity contribution >= 4 is 0 Å². The zero-order valence-corrected chi connectivity index (χ0v) is 9.80. The Morgan fingerprint density at radius 1 is 1.07 bits per heavy atom. The molecule has 0 aliphatic heterocycles. The zero-order chi connectivity index (χ0) is 10.6. The van der Waals surface area contributed by atoms with Crippen molar-refractivity contribution < 1.29 is 5.11 Å². The third kappa shape index (κ3) is 2.94. The van der Waals surface area contributed by atoms with Crippen LogP contribution in [0.5, 0.6) is 0 Å². The van der Waals surface area contributed by atoms with E-state index in [4.69, 9.17) is 0 Å². The van der Waals surface area contributed by atoms with Crippen LogP contribution in [0.2, 0.25) is 0 Å². The first-order chi connectivity index (χ1) is 7.35. The predicted molar refractivity (Wildman–Crippen MR) is 62.8 cm³/mol. The molecule has 0 spiro atoms. The molecule has 2 nitrogen and oxygen atoms in total. The largest absolute Gasteiger partial charge is 0.396 e. The van der Waals surface area contributed by atoms with Crippen LogP contribution in [-0.4, -0.2) is 24.8 Å². The molecular formula is C13H25NO. The van der Waals surface area contributed by atoms with Crippen LogP contribution in [-0.2, 0) is 0 Å². The van der Waals surface area contributed by atoms with Crippen molar-refractivity contribution in [2.45, 2.75) is 51.4 Å². The SMILES string of the molecule is OCC1(CNCC2CCCCC2)CCC1. The molecule has 0 amide bonds. The number of hydrogen-bond donors (Lipinski definition) is 2. The van der Waals surface area contributed by atoms with E-state index in [0.29, 0.717) is 6.61 Å². The minimum absolute atomic E-state index is 0.259. The highest BCUT2D eigenvalue weighted by Gasteiger charge is 2.35. The molecule has 2 rings (SSSR count). The van der Waals surface area contributed by atoms with Gasteiger partial charge >= 0.3 is 0 Å². The fraction of sp³-hybridized carbons (Fsp3) is 1.00. The Bertz CT molecular complexity index is 177. The molecule has 0 heterocycles. The van der Waals surface area contributed by atoms with Crippen LogP contribution in [0, 0.1) is 11.3 Å². The number of nitrogens with one attached hydrogen (secondary N) is 1. The fourth-order valence-electron chi connectivity index (χ4n) is 3.00. The first kappa shape index (κ1) is 11.4. The lowest BCUT2D eigenvalue weighted by atomic mass is 9.69. The van der Waals surface area contributed by atoms with Gasteiger partial charge in [-0.25, -0.2) is 0 Å². The second kappa shape index (κ2) is 5.31. The van der Waals surface area contributed by atoms with Gasteiger partial charge in [0, 0.05) is 18.6 Å². The molecule has 2 heteroatoms. The summed E-state index contributed by atoms with van der Waals surface area (Å²) in [6.07, 6.45) is 10.9. The van der Waals surface area contributed by atoms with Crippen molar-refractivity contribution in [1.82, 2.24) is 5.32 Å². The van der Waals surface area contributed by atoms with Gasteiger partial charge in [0.25, 0.3) is 0 Å². The highest BCUT2D eigenvalue weighted by Crippen LogP contribution is 2.39. The maximum absolute atomic E-state index is 9.33. The Morgan fingerprint density at radius 2 is 1.80 bits per heavy atom. The average molecular weight is 211 g/mol. The molecule has 0 radical (unpaired) electrons. The van der Waals surface area contributed by atoms with Gasteiger partial charge in [-0.2, -0.15) is 0 Å². The summed E-state index contributed by atoms with van der Waals surface area (Å²) in [6.45, 7) is 2.60. The molecule has 2 aliphatic rings. The molecular weight excluding hydrogens is 186 g/mol. The first-order valence-corrected chi connectivity index (χ1v) is 6.66. The summed E-state index contributed by atoms with van der Waals surface area (Å²) in [5.74, 6) is 0.912. The summed E-state index contributed by atoms with van der Waals surface area (Å²) >= 11 is 0. The van der Waals surface area contributed by atoms with Crippen molar-refractivity contribution in [3.8, 4) is 0 Å². The lowest BCUT2D eigenvalue weighted by Gasteiger charge is -2.41. The Balaban J connectivity index is 1.61. The van der Waals surface area contributed by atoms with E-state index in [-0.39, 0.29) is 5.41 Å². The van der Waals surface area contributed by atoms with Gasteiger partial charge in [-0.05, 0) is 38.1 Å². The normalized spacial score (nSPS) is 26.2. The lowest BCUT2D eigenvalue weighted by molar-refractivity contribution is 0.0435. The topological polar surface area (TPSA) is 32.3 Å². The molecule has 0 saturated heterocycles. The van der Waals surface area contributed by atoms with Gasteiger partial charge in [-0.1, -0.05) is 25.7 Å². The summed E-state index contributed by atoms with van der Waals surface area (Å²) in [6, 6.07) is 0. The molecule has 88 valence electrons. The second-order valence-electron chi connectivity index (χ2n) is 5.65. The third-order valence-corrected chi connectivity index (χ3v) is 4.41. The summed E-state index contributed by atoms with van der Waals surface area (Å²) < 4.78 is 0. The lowest BCUT2D eigenvalue weighted by Crippen LogP contribution is -2.44. The molecule has 0 aromatic heterocycles. The maximum Gasteiger partial charge on any atom is 0.0499 e. The maximum atomic E-state index is 9.33. The first-order valence-electron chi connectivity index (χ1n) is 6.66. The van der Waals surface area contributed by atoms with E-state index in [9.17, 15) is 5.11 Å². The molecule has 0 atom stereocenters. The van der Waals surface area contributed by atoms with Gasteiger partial charge in [0.15, 0.2) is 0 Å². The van der Waals surface area contributed by atoms with Crippen LogP contribution in [0.15, 0.2) is 0 Å². The Kier molecular flexibility index (Phi) is 4.04. The van der Waals surface area contributed by atoms with Gasteiger partial charge in [-0.3, -0.25) is 0 Å². The van der Waals surface area contributed by atoms with E-state index >= 15 is 0 Å². The quantitative estimate of drug-likeness (QED) is 0.731. The van der Waals surface area contributed by atoms with E-state index in [1.54, 1.807) is 0 Å². The van der Waals surface area contributed by atoms with Crippen LogP contribution in [0.1, 0.15) is 51.4 Å². The van der Waals surface area contributed by atoms with Crippen molar-refractivity contribution in [3.63, 3.8) is 0 Å². The summed E-state index contributed by atoms with van der Waals surface area (Å²) in [5, 5.41) is 12.9. The minimum atomic E-state index is 0.259. The summed E-state index contributed by atoms with van der Waals surface area (Å²) in [5.41, 5.74) is 0.259. The van der Waals surface area contributed by atoms with E-state index < -0.39 is 0 Å². The highest BCUT2D eigenvalue weighted by atomic mass is 16.3. The van der Waals surface area contributed by atoms with E-state index in [1.807, 2.05) is 0 Å². The van der Waals surface area contributed by atoms with Crippen LogP contribution < -0.4 is 5.32 Å². The summed E-state index contributed by atoms with van der Waals surface area (Å²) in [7, 11) is 0. The fourth-order valence-corrected chi connectivity index (χ4v) is 3.00. The molecule has 15 heavy (non-hydrogen) atoms. The molecule has 2 saturated carbocycles. The van der Waals surface area contributed by atoms with Crippen LogP contribution >= 0.6 is 0 Å². The molecule has 2 aliphatic carbocycles. The Hall–Kier alpha value is -0.0800. The average Bonchev–Trinajstić information content (AvgIpc) is 2.24. The van der Waals surface area contributed by atoms with E-state index in [1.165, 1.54) is 57.9 Å². The summed E-state index contributed by atoms with van der Waals surface area (Å²) in [4.78, 5) is 0. The monoisotopic (exact) mass is 211 g/mol. The van der Waals surface area contributed by atoms with Gasteiger partial charge in [0.05, 0.1) is 0 Å². The molecule has 2 fully saturated rings. The van der Waals surface area contributed by atoms with Gasteiger partial charge in [0.2, 0.25) is 0 Å². The van der Waals surface area contributed by atoms with Crippen molar-refractivity contribution in [3.05, 3.63) is 0 Å².